The van der Waals surface area contributed by atoms with E-state index in [9.17, 15) is 14.4 Å². The number of carboxylic acids is 1. The van der Waals surface area contributed by atoms with Crippen molar-refractivity contribution in [2.45, 2.75) is 12.6 Å². The van der Waals surface area contributed by atoms with Gasteiger partial charge in [0.05, 0.1) is 12.2 Å². The maximum absolute atomic E-state index is 12.4. The second-order valence-electron chi connectivity index (χ2n) is 4.37. The van der Waals surface area contributed by atoms with Crippen molar-refractivity contribution >= 4 is 5.97 Å². The molecule has 1 aromatic carbocycles. The summed E-state index contributed by atoms with van der Waals surface area (Å²) < 4.78 is 3.08. The van der Waals surface area contributed by atoms with Crippen LogP contribution in [0, 0.1) is 0 Å². The molecule has 1 N–H and O–H groups in total. The third-order valence-corrected chi connectivity index (χ3v) is 3.19. The average molecular weight is 273 g/mol. The maximum Gasteiger partial charge on any atom is 0.352 e. The van der Waals surface area contributed by atoms with Crippen LogP contribution in [-0.4, -0.2) is 25.0 Å². The Hall–Kier alpha value is -2.83. The molecule has 7 nitrogen and oxygen atoms in total. The number of hydrogen-bond donors (Lipinski definition) is 1. The van der Waals surface area contributed by atoms with Gasteiger partial charge in [-0.05, 0) is 12.1 Å². The minimum Gasteiger partial charge on any atom is -0.479 e. The Kier molecular flexibility index (Phi) is 2.67. The monoisotopic (exact) mass is 273 g/mol. The Labute approximate surface area is 112 Å². The van der Waals surface area contributed by atoms with E-state index in [-0.39, 0.29) is 6.54 Å². The van der Waals surface area contributed by atoms with Crippen LogP contribution in [0.4, 0.5) is 0 Å². The average Bonchev–Trinajstić information content (AvgIpc) is 2.72. The lowest BCUT2D eigenvalue weighted by Crippen LogP contribution is -2.35. The fourth-order valence-electron chi connectivity index (χ4n) is 2.29. The Bertz CT molecular complexity index is 810. The zero-order valence-electron chi connectivity index (χ0n) is 10.3. The molecular formula is C13H11N3O4. The van der Waals surface area contributed by atoms with Crippen molar-refractivity contribution in [3.63, 3.8) is 0 Å². The number of rotatable bonds is 2. The van der Waals surface area contributed by atoms with Gasteiger partial charge in [0, 0.05) is 0 Å². The molecule has 20 heavy (non-hydrogen) atoms. The molecule has 0 spiro atoms. The van der Waals surface area contributed by atoms with Crippen LogP contribution >= 0.6 is 0 Å². The molecule has 2 aromatic rings. The summed E-state index contributed by atoms with van der Waals surface area (Å²) in [5.41, 5.74) is -0.782. The van der Waals surface area contributed by atoms with Gasteiger partial charge in [0.25, 0.3) is 0 Å². The lowest BCUT2D eigenvalue weighted by molar-refractivity contribution is -0.140. The molecule has 2 heterocycles. The molecule has 1 unspecified atom stereocenters. The minimum absolute atomic E-state index is 0.178. The van der Waals surface area contributed by atoms with Gasteiger partial charge in [-0.3, -0.25) is 0 Å². The van der Waals surface area contributed by atoms with Crippen molar-refractivity contribution in [2.24, 2.45) is 0 Å². The van der Waals surface area contributed by atoms with Crippen molar-refractivity contribution in [1.82, 2.24) is 13.9 Å². The second-order valence-corrected chi connectivity index (χ2v) is 4.37. The molecule has 7 heteroatoms. The molecule has 0 radical (unpaired) electrons. The second kappa shape index (κ2) is 4.37. The van der Waals surface area contributed by atoms with E-state index in [0.717, 1.165) is 13.9 Å². The van der Waals surface area contributed by atoms with Crippen LogP contribution < -0.4 is 11.4 Å². The quantitative estimate of drug-likeness (QED) is 0.780. The van der Waals surface area contributed by atoms with E-state index in [1.807, 2.05) is 0 Å². The van der Waals surface area contributed by atoms with Crippen LogP contribution in [0.2, 0.25) is 0 Å². The van der Waals surface area contributed by atoms with Gasteiger partial charge in [0.2, 0.25) is 0 Å². The summed E-state index contributed by atoms with van der Waals surface area (Å²) in [6, 6.07) is 7.26. The number of aliphatic carboxylic acids is 1. The van der Waals surface area contributed by atoms with Crippen LogP contribution in [0.1, 0.15) is 6.04 Å². The Morgan fingerprint density at radius 2 is 1.85 bits per heavy atom. The summed E-state index contributed by atoms with van der Waals surface area (Å²) in [6.07, 6.45) is 2.97. The van der Waals surface area contributed by atoms with Gasteiger partial charge < -0.3 is 5.11 Å². The fourth-order valence-corrected chi connectivity index (χ4v) is 2.29. The van der Waals surface area contributed by atoms with E-state index in [1.54, 1.807) is 36.4 Å². The van der Waals surface area contributed by atoms with Gasteiger partial charge in [-0.2, -0.15) is 0 Å². The Morgan fingerprint density at radius 3 is 2.50 bits per heavy atom. The highest BCUT2D eigenvalue weighted by atomic mass is 16.4. The highest BCUT2D eigenvalue weighted by molar-refractivity contribution is 5.74. The molecular weight excluding hydrogens is 262 g/mol. The molecule has 0 saturated carbocycles. The first-order chi connectivity index (χ1) is 9.61. The number of hydrogen-bond acceptors (Lipinski definition) is 3. The summed E-state index contributed by atoms with van der Waals surface area (Å²) >= 11 is 0. The number of nitrogens with zero attached hydrogens (tertiary/aromatic N) is 3. The normalized spacial score (nSPS) is 16.9. The SMILES string of the molecule is O=C(O)C1C=CCn2c(=O)n(-c3ccccc3)c(=O)n21. The molecule has 102 valence electrons. The Morgan fingerprint density at radius 1 is 1.15 bits per heavy atom. The number of benzene rings is 1. The molecule has 1 aromatic heterocycles. The first-order valence-electron chi connectivity index (χ1n) is 6.00. The lowest BCUT2D eigenvalue weighted by atomic mass is 10.2. The van der Waals surface area contributed by atoms with Crippen LogP contribution in [0.15, 0.2) is 52.1 Å². The van der Waals surface area contributed by atoms with Crippen molar-refractivity contribution in [2.75, 3.05) is 0 Å². The predicted octanol–water partition coefficient (Wildman–Crippen LogP) is -0.00380. The van der Waals surface area contributed by atoms with Crippen molar-refractivity contribution in [3.8, 4) is 5.69 Å². The third-order valence-electron chi connectivity index (χ3n) is 3.19. The van der Waals surface area contributed by atoms with Crippen molar-refractivity contribution < 1.29 is 9.90 Å². The number of fused-ring (bicyclic) bond motifs is 1. The van der Waals surface area contributed by atoms with E-state index in [1.165, 1.54) is 6.08 Å². The van der Waals surface area contributed by atoms with Gasteiger partial charge in [0.15, 0.2) is 6.04 Å². The molecule has 0 aliphatic carbocycles. The summed E-state index contributed by atoms with van der Waals surface area (Å²) in [7, 11) is 0. The Balaban J connectivity index is 2.30. The van der Waals surface area contributed by atoms with E-state index >= 15 is 0 Å². The highest BCUT2D eigenvalue weighted by Crippen LogP contribution is 2.11. The summed E-state index contributed by atoms with van der Waals surface area (Å²) in [5, 5.41) is 9.14. The first-order valence-corrected chi connectivity index (χ1v) is 6.00. The highest BCUT2D eigenvalue weighted by Gasteiger charge is 2.28. The standard InChI is InChI=1S/C13H11N3O4/c17-11(18)10-7-4-8-14-12(19)15(13(20)16(10)14)9-5-2-1-3-6-9/h1-7,10H,8H2,(H,17,18). The third kappa shape index (κ3) is 1.63. The van der Waals surface area contributed by atoms with E-state index in [0.29, 0.717) is 5.69 Å². The number of aromatic nitrogens is 3. The van der Waals surface area contributed by atoms with Crippen molar-refractivity contribution in [1.29, 1.82) is 0 Å². The van der Waals surface area contributed by atoms with Crippen molar-refractivity contribution in [3.05, 3.63) is 63.5 Å². The minimum atomic E-state index is -1.18. The number of carbonyl (C=O) groups is 1. The van der Waals surface area contributed by atoms with E-state index < -0.39 is 23.4 Å². The van der Waals surface area contributed by atoms with E-state index in [4.69, 9.17) is 5.11 Å². The van der Waals surface area contributed by atoms with Crippen LogP contribution in [0.25, 0.3) is 5.69 Å². The summed E-state index contributed by atoms with van der Waals surface area (Å²) in [6.45, 7) is 0.178. The maximum atomic E-state index is 12.4. The van der Waals surface area contributed by atoms with Crippen LogP contribution in [0.3, 0.4) is 0 Å². The summed E-state index contributed by atoms with van der Waals surface area (Å²) in [5.74, 6) is -1.18. The van der Waals surface area contributed by atoms with Gasteiger partial charge in [0.1, 0.15) is 0 Å². The van der Waals surface area contributed by atoms with Gasteiger partial charge >= 0.3 is 17.3 Å². The van der Waals surface area contributed by atoms with Gasteiger partial charge in [-0.15, -0.1) is 0 Å². The number of allylic oxidation sites excluding steroid dienone is 1. The fraction of sp³-hybridized carbons (Fsp3) is 0.154. The number of carboxylic acid groups (broad SMARTS) is 1. The summed E-state index contributed by atoms with van der Waals surface area (Å²) in [4.78, 5) is 35.8. The molecule has 3 rings (SSSR count). The smallest absolute Gasteiger partial charge is 0.352 e. The van der Waals surface area contributed by atoms with Crippen LogP contribution in [0.5, 0.6) is 0 Å². The van der Waals surface area contributed by atoms with Gasteiger partial charge in [-0.1, -0.05) is 30.4 Å². The molecule has 1 aliphatic heterocycles. The first kappa shape index (κ1) is 12.2. The zero-order chi connectivity index (χ0) is 14.3. The molecule has 0 saturated heterocycles. The topological polar surface area (TPSA) is 86.2 Å². The van der Waals surface area contributed by atoms with Crippen LogP contribution in [-0.2, 0) is 11.3 Å². The molecule has 0 bridgehead atoms. The molecule has 1 atom stereocenters. The molecule has 1 aliphatic rings. The molecule has 0 fully saturated rings. The zero-order valence-corrected chi connectivity index (χ0v) is 10.3. The lowest BCUT2D eigenvalue weighted by Gasteiger charge is -2.16. The van der Waals surface area contributed by atoms with E-state index in [2.05, 4.69) is 0 Å². The molecule has 0 amide bonds. The predicted molar refractivity (Wildman–Crippen MR) is 70.1 cm³/mol. The van der Waals surface area contributed by atoms with Gasteiger partial charge in [-0.25, -0.2) is 28.3 Å². The number of para-hydroxylation sites is 1. The largest absolute Gasteiger partial charge is 0.479 e.